The normalized spacial score (nSPS) is 10.9. The monoisotopic (exact) mass is 470 g/mol. The van der Waals surface area contributed by atoms with Gasteiger partial charge in [0.15, 0.2) is 0 Å². The minimum absolute atomic E-state index is 0.194. The fourth-order valence-electron chi connectivity index (χ4n) is 3.88. The van der Waals surface area contributed by atoms with Gasteiger partial charge in [-0.2, -0.15) is 5.10 Å². The zero-order valence-corrected chi connectivity index (χ0v) is 20.3. The summed E-state index contributed by atoms with van der Waals surface area (Å²) in [5.41, 5.74) is 3.77. The quantitative estimate of drug-likeness (QED) is 0.372. The molecule has 1 aromatic heterocycles. The van der Waals surface area contributed by atoms with Crippen molar-refractivity contribution in [3.05, 3.63) is 96.2 Å². The van der Waals surface area contributed by atoms with Crippen molar-refractivity contribution >= 4 is 5.91 Å². The Morgan fingerprint density at radius 3 is 2.37 bits per heavy atom. The SMILES string of the molecule is COc1ccc(OC)c(-c2nn(-c3ccccc3)cc2C(=O)NCCN(C)Cc2ccccc2)c1. The van der Waals surface area contributed by atoms with E-state index in [2.05, 4.69) is 22.3 Å². The van der Waals surface area contributed by atoms with Crippen LogP contribution in [0, 0.1) is 0 Å². The molecular weight excluding hydrogens is 440 g/mol. The average Bonchev–Trinajstić information content (AvgIpc) is 3.35. The van der Waals surface area contributed by atoms with Crippen molar-refractivity contribution in [1.29, 1.82) is 0 Å². The third kappa shape index (κ3) is 5.88. The van der Waals surface area contributed by atoms with Crippen LogP contribution < -0.4 is 14.8 Å². The lowest BCUT2D eigenvalue weighted by Crippen LogP contribution is -2.32. The maximum Gasteiger partial charge on any atom is 0.255 e. The van der Waals surface area contributed by atoms with Gasteiger partial charge in [-0.3, -0.25) is 4.79 Å². The fraction of sp³-hybridized carbons (Fsp3) is 0.214. The van der Waals surface area contributed by atoms with E-state index in [9.17, 15) is 4.79 Å². The molecule has 7 nitrogen and oxygen atoms in total. The first-order valence-electron chi connectivity index (χ1n) is 11.5. The number of ether oxygens (including phenoxy) is 2. The lowest BCUT2D eigenvalue weighted by Gasteiger charge is -2.17. The molecule has 180 valence electrons. The summed E-state index contributed by atoms with van der Waals surface area (Å²) in [6.45, 7) is 2.04. The average molecular weight is 471 g/mol. The molecule has 3 aromatic carbocycles. The third-order valence-corrected chi connectivity index (χ3v) is 5.72. The van der Waals surface area contributed by atoms with Crippen LogP contribution in [0.1, 0.15) is 15.9 Å². The van der Waals surface area contributed by atoms with Crippen molar-refractivity contribution in [2.75, 3.05) is 34.4 Å². The number of likely N-dealkylation sites (N-methyl/N-ethyl adjacent to an activating group) is 1. The summed E-state index contributed by atoms with van der Waals surface area (Å²) in [4.78, 5) is 15.5. The van der Waals surface area contributed by atoms with E-state index < -0.39 is 0 Å². The summed E-state index contributed by atoms with van der Waals surface area (Å²) >= 11 is 0. The largest absolute Gasteiger partial charge is 0.497 e. The van der Waals surface area contributed by atoms with Crippen LogP contribution in [0.25, 0.3) is 16.9 Å². The molecule has 0 radical (unpaired) electrons. The topological polar surface area (TPSA) is 68.6 Å². The lowest BCUT2D eigenvalue weighted by atomic mass is 10.1. The Hall–Kier alpha value is -4.10. The maximum atomic E-state index is 13.3. The molecule has 35 heavy (non-hydrogen) atoms. The van der Waals surface area contributed by atoms with Crippen molar-refractivity contribution in [3.63, 3.8) is 0 Å². The second-order valence-electron chi connectivity index (χ2n) is 8.22. The van der Waals surface area contributed by atoms with Gasteiger partial charge in [0.05, 0.1) is 25.5 Å². The van der Waals surface area contributed by atoms with Crippen molar-refractivity contribution < 1.29 is 14.3 Å². The number of para-hydroxylation sites is 1. The molecule has 1 heterocycles. The number of nitrogens with one attached hydrogen (secondary N) is 1. The number of hydrogen-bond donors (Lipinski definition) is 1. The smallest absolute Gasteiger partial charge is 0.255 e. The molecule has 0 saturated heterocycles. The molecule has 0 aliphatic rings. The minimum Gasteiger partial charge on any atom is -0.497 e. The van der Waals surface area contributed by atoms with Crippen LogP contribution in [0.15, 0.2) is 85.1 Å². The number of carbonyl (C=O) groups excluding carboxylic acids is 1. The first-order valence-corrected chi connectivity index (χ1v) is 11.5. The van der Waals surface area contributed by atoms with E-state index >= 15 is 0 Å². The second kappa shape index (κ2) is 11.4. The van der Waals surface area contributed by atoms with Crippen molar-refractivity contribution in [2.24, 2.45) is 0 Å². The number of amides is 1. The molecule has 1 N–H and O–H groups in total. The van der Waals surface area contributed by atoms with Crippen molar-refractivity contribution in [3.8, 4) is 28.4 Å². The molecule has 0 saturated carbocycles. The lowest BCUT2D eigenvalue weighted by molar-refractivity contribution is 0.0950. The van der Waals surface area contributed by atoms with Crippen LogP contribution in [0.3, 0.4) is 0 Å². The molecule has 4 aromatic rings. The van der Waals surface area contributed by atoms with Crippen LogP contribution in [-0.4, -0.2) is 54.9 Å². The predicted molar refractivity (Wildman–Crippen MR) is 137 cm³/mol. The number of hydrogen-bond acceptors (Lipinski definition) is 5. The second-order valence-corrected chi connectivity index (χ2v) is 8.22. The number of aromatic nitrogens is 2. The molecule has 0 unspecified atom stereocenters. The van der Waals surface area contributed by atoms with Crippen LogP contribution in [0.2, 0.25) is 0 Å². The number of nitrogens with zero attached hydrogens (tertiary/aromatic N) is 3. The first kappa shape index (κ1) is 24.0. The number of rotatable bonds is 10. The summed E-state index contributed by atoms with van der Waals surface area (Å²) in [6.07, 6.45) is 1.76. The zero-order chi connectivity index (χ0) is 24.6. The van der Waals surface area contributed by atoms with Gasteiger partial charge in [-0.25, -0.2) is 4.68 Å². The van der Waals surface area contributed by atoms with E-state index in [1.165, 1.54) is 5.56 Å². The molecule has 0 aliphatic carbocycles. The van der Waals surface area contributed by atoms with E-state index in [4.69, 9.17) is 14.6 Å². The summed E-state index contributed by atoms with van der Waals surface area (Å²) < 4.78 is 12.7. The molecule has 4 rings (SSSR count). The highest BCUT2D eigenvalue weighted by Crippen LogP contribution is 2.35. The molecule has 0 spiro atoms. The Labute approximate surface area is 205 Å². The van der Waals surface area contributed by atoms with Crippen LogP contribution in [0.5, 0.6) is 11.5 Å². The van der Waals surface area contributed by atoms with Gasteiger partial charge in [-0.05, 0) is 42.9 Å². The highest BCUT2D eigenvalue weighted by Gasteiger charge is 2.22. The molecule has 0 bridgehead atoms. The summed E-state index contributed by atoms with van der Waals surface area (Å²) in [7, 11) is 5.24. The van der Waals surface area contributed by atoms with Gasteiger partial charge in [-0.1, -0.05) is 48.5 Å². The number of methoxy groups -OCH3 is 2. The van der Waals surface area contributed by atoms with Crippen molar-refractivity contribution in [2.45, 2.75) is 6.54 Å². The van der Waals surface area contributed by atoms with E-state index in [0.717, 1.165) is 12.2 Å². The highest BCUT2D eigenvalue weighted by atomic mass is 16.5. The maximum absolute atomic E-state index is 13.3. The minimum atomic E-state index is -0.194. The van der Waals surface area contributed by atoms with Crippen LogP contribution >= 0.6 is 0 Å². The van der Waals surface area contributed by atoms with E-state index in [0.29, 0.717) is 41.4 Å². The fourth-order valence-corrected chi connectivity index (χ4v) is 3.88. The Balaban J connectivity index is 1.57. The van der Waals surface area contributed by atoms with Gasteiger partial charge in [0, 0.05) is 31.4 Å². The van der Waals surface area contributed by atoms with Crippen molar-refractivity contribution in [1.82, 2.24) is 20.0 Å². The highest BCUT2D eigenvalue weighted by molar-refractivity contribution is 6.00. The van der Waals surface area contributed by atoms with Gasteiger partial charge >= 0.3 is 0 Å². The number of carbonyl (C=O) groups is 1. The number of benzene rings is 3. The zero-order valence-electron chi connectivity index (χ0n) is 20.3. The van der Waals surface area contributed by atoms with E-state index in [1.807, 2.05) is 73.8 Å². The van der Waals surface area contributed by atoms with Crippen LogP contribution in [-0.2, 0) is 6.54 Å². The van der Waals surface area contributed by atoms with Gasteiger partial charge in [0.25, 0.3) is 5.91 Å². The van der Waals surface area contributed by atoms with E-state index in [1.54, 1.807) is 25.1 Å². The Kier molecular flexibility index (Phi) is 7.80. The molecule has 0 fully saturated rings. The Bertz CT molecular complexity index is 1260. The third-order valence-electron chi connectivity index (χ3n) is 5.72. The summed E-state index contributed by atoms with van der Waals surface area (Å²) in [6, 6.07) is 25.4. The van der Waals surface area contributed by atoms with Gasteiger partial charge in [-0.15, -0.1) is 0 Å². The van der Waals surface area contributed by atoms with Crippen LogP contribution in [0.4, 0.5) is 0 Å². The summed E-state index contributed by atoms with van der Waals surface area (Å²) in [5, 5.41) is 7.82. The molecular formula is C28H30N4O3. The Morgan fingerprint density at radius 2 is 1.69 bits per heavy atom. The first-order chi connectivity index (χ1) is 17.1. The van der Waals surface area contributed by atoms with Gasteiger partial charge in [0.2, 0.25) is 0 Å². The summed E-state index contributed by atoms with van der Waals surface area (Å²) in [5.74, 6) is 1.07. The standard InChI is InChI=1S/C28H30N4O3/c1-31(19-21-10-6-4-7-11-21)17-16-29-28(33)25-20-32(22-12-8-5-9-13-22)30-27(25)24-18-23(34-2)14-15-26(24)35-3/h4-15,18,20H,16-17,19H2,1-3H3,(H,29,33). The molecule has 1 amide bonds. The predicted octanol–water partition coefficient (Wildman–Crippen LogP) is 4.42. The molecule has 0 aliphatic heterocycles. The molecule has 7 heteroatoms. The van der Waals surface area contributed by atoms with E-state index in [-0.39, 0.29) is 5.91 Å². The van der Waals surface area contributed by atoms with Gasteiger partial charge in [0.1, 0.15) is 17.2 Å². The van der Waals surface area contributed by atoms with Gasteiger partial charge < -0.3 is 19.7 Å². The Morgan fingerprint density at radius 1 is 0.971 bits per heavy atom. The molecule has 0 atom stereocenters.